The number of nitrogens with one attached hydrogen (secondary N) is 1. The first kappa shape index (κ1) is 33.2. The molecule has 0 spiro atoms. The van der Waals surface area contributed by atoms with E-state index in [0.29, 0.717) is 30.8 Å². The van der Waals surface area contributed by atoms with Crippen molar-refractivity contribution in [2.24, 2.45) is 5.73 Å². The van der Waals surface area contributed by atoms with Crippen molar-refractivity contribution in [2.45, 2.75) is 77.9 Å². The van der Waals surface area contributed by atoms with Gasteiger partial charge in [0.2, 0.25) is 11.8 Å². The SMILES string of the molecule is CCCN(C(=O)N(C)CCC(=O)N1CCCCC[C@H]1C#N)c1cccc(C(N)=O)c1.CNC(=O)OC(C)(C)C. The first-order valence-corrected chi connectivity index (χ1v) is 13.4. The second kappa shape index (κ2) is 16.2. The Labute approximate surface area is 232 Å². The van der Waals surface area contributed by atoms with E-state index in [1.807, 2.05) is 27.7 Å². The number of likely N-dealkylation sites (tertiary alicyclic amines) is 1. The highest BCUT2D eigenvalue weighted by Gasteiger charge is 2.26. The van der Waals surface area contributed by atoms with Gasteiger partial charge in [0.1, 0.15) is 11.6 Å². The first-order chi connectivity index (χ1) is 18.3. The summed E-state index contributed by atoms with van der Waals surface area (Å²) >= 11 is 0. The molecule has 3 N–H and O–H groups in total. The predicted molar refractivity (Wildman–Crippen MR) is 150 cm³/mol. The molecule has 0 aliphatic carbocycles. The van der Waals surface area contributed by atoms with Gasteiger partial charge < -0.3 is 25.6 Å². The monoisotopic (exact) mass is 544 g/mol. The maximum atomic E-state index is 13.0. The van der Waals surface area contributed by atoms with Gasteiger partial charge in [0.25, 0.3) is 0 Å². The normalized spacial score (nSPS) is 15.0. The Balaban J connectivity index is 0.000000724. The lowest BCUT2D eigenvalue weighted by Gasteiger charge is -2.30. The van der Waals surface area contributed by atoms with Crippen LogP contribution in [0.2, 0.25) is 0 Å². The molecule has 1 atom stereocenters. The molecule has 1 aromatic rings. The van der Waals surface area contributed by atoms with Gasteiger partial charge in [0.15, 0.2) is 0 Å². The Morgan fingerprint density at radius 3 is 2.41 bits per heavy atom. The molecule has 11 nitrogen and oxygen atoms in total. The molecule has 11 heteroatoms. The van der Waals surface area contributed by atoms with Crippen LogP contribution in [0.5, 0.6) is 0 Å². The van der Waals surface area contributed by atoms with Crippen LogP contribution in [-0.4, -0.2) is 79.1 Å². The fourth-order valence-electron chi connectivity index (χ4n) is 3.96. The van der Waals surface area contributed by atoms with Crippen molar-refractivity contribution in [2.75, 3.05) is 38.6 Å². The molecule has 0 aromatic heterocycles. The maximum absolute atomic E-state index is 13.0. The highest BCUT2D eigenvalue weighted by atomic mass is 16.6. The quantitative estimate of drug-likeness (QED) is 0.532. The number of ether oxygens (including phenoxy) is 1. The lowest BCUT2D eigenvalue weighted by Crippen LogP contribution is -2.44. The van der Waals surface area contributed by atoms with Gasteiger partial charge in [0.05, 0.1) is 6.07 Å². The fourth-order valence-corrected chi connectivity index (χ4v) is 3.96. The number of alkyl carbamates (subject to hydrolysis) is 1. The lowest BCUT2D eigenvalue weighted by molar-refractivity contribution is -0.132. The molecule has 0 bridgehead atoms. The number of rotatable bonds is 7. The fraction of sp³-hybridized carbons (Fsp3) is 0.607. The molecule has 2 rings (SSSR count). The van der Waals surface area contributed by atoms with E-state index in [4.69, 9.17) is 10.5 Å². The Hall–Kier alpha value is -3.81. The van der Waals surface area contributed by atoms with Crippen LogP contribution in [0.4, 0.5) is 15.3 Å². The van der Waals surface area contributed by atoms with Crippen LogP contribution in [0.15, 0.2) is 24.3 Å². The van der Waals surface area contributed by atoms with E-state index in [-0.39, 0.29) is 42.6 Å². The number of nitriles is 1. The van der Waals surface area contributed by atoms with E-state index in [0.717, 1.165) is 25.7 Å². The number of carbonyl (C=O) groups is 4. The zero-order valence-electron chi connectivity index (χ0n) is 24.2. The van der Waals surface area contributed by atoms with Crippen molar-refractivity contribution in [3.8, 4) is 6.07 Å². The molecule has 0 saturated carbocycles. The van der Waals surface area contributed by atoms with Crippen molar-refractivity contribution in [3.05, 3.63) is 29.8 Å². The molecule has 0 unspecified atom stereocenters. The third-order valence-electron chi connectivity index (χ3n) is 5.93. The number of nitrogens with zero attached hydrogens (tertiary/aromatic N) is 4. The number of hydrogen-bond donors (Lipinski definition) is 2. The third kappa shape index (κ3) is 11.6. The molecular formula is C28H44N6O5. The molecular weight excluding hydrogens is 500 g/mol. The zero-order chi connectivity index (χ0) is 29.6. The molecule has 1 aromatic carbocycles. The van der Waals surface area contributed by atoms with Gasteiger partial charge in [-0.15, -0.1) is 0 Å². The van der Waals surface area contributed by atoms with Crippen molar-refractivity contribution in [1.82, 2.24) is 15.1 Å². The van der Waals surface area contributed by atoms with Gasteiger partial charge in [-0.3, -0.25) is 14.5 Å². The van der Waals surface area contributed by atoms with Gasteiger partial charge in [-0.2, -0.15) is 5.26 Å². The Morgan fingerprint density at radius 2 is 1.87 bits per heavy atom. The smallest absolute Gasteiger partial charge is 0.407 e. The van der Waals surface area contributed by atoms with Crippen LogP contribution in [0, 0.1) is 11.3 Å². The first-order valence-electron chi connectivity index (χ1n) is 13.4. The van der Waals surface area contributed by atoms with Crippen LogP contribution >= 0.6 is 0 Å². The van der Waals surface area contributed by atoms with Crippen LogP contribution in [0.25, 0.3) is 0 Å². The van der Waals surface area contributed by atoms with E-state index in [2.05, 4.69) is 11.4 Å². The molecule has 1 aliphatic rings. The van der Waals surface area contributed by atoms with E-state index < -0.39 is 5.91 Å². The zero-order valence-corrected chi connectivity index (χ0v) is 24.2. The average Bonchev–Trinajstić information content (AvgIpc) is 3.15. The highest BCUT2D eigenvalue weighted by Crippen LogP contribution is 2.20. The standard InChI is InChI=1S/C22H31N5O3.C6H13NO2/c1-3-12-27(18-10-7-8-17(15-18)21(24)29)22(30)25(2)14-11-20(28)26-13-6-4-5-9-19(26)16-23;1-6(2,3)9-5(8)7-4/h7-8,10,15,19H,3-6,9,11-14H2,1-2H3,(H2,24,29);1-4H3,(H,7,8)/t19-;/m0./s1. The van der Waals surface area contributed by atoms with Crippen molar-refractivity contribution in [1.29, 1.82) is 5.26 Å². The number of nitrogens with two attached hydrogens (primary N) is 1. The Morgan fingerprint density at radius 1 is 1.18 bits per heavy atom. The summed E-state index contributed by atoms with van der Waals surface area (Å²) in [6.45, 7) is 8.75. The number of hydrogen-bond acceptors (Lipinski definition) is 6. The molecule has 39 heavy (non-hydrogen) atoms. The molecule has 1 saturated heterocycles. The summed E-state index contributed by atoms with van der Waals surface area (Å²) in [4.78, 5) is 52.5. The van der Waals surface area contributed by atoms with E-state index >= 15 is 0 Å². The molecule has 1 fully saturated rings. The highest BCUT2D eigenvalue weighted by molar-refractivity contribution is 5.97. The number of benzene rings is 1. The van der Waals surface area contributed by atoms with E-state index in [1.54, 1.807) is 41.1 Å². The minimum atomic E-state index is -0.552. The molecule has 1 aliphatic heterocycles. The van der Waals surface area contributed by atoms with Crippen molar-refractivity contribution >= 4 is 29.6 Å². The summed E-state index contributed by atoms with van der Waals surface area (Å²) in [7, 11) is 3.19. The summed E-state index contributed by atoms with van der Waals surface area (Å²) in [6.07, 6.45) is 4.10. The summed E-state index contributed by atoms with van der Waals surface area (Å²) in [5.74, 6) is -0.648. The summed E-state index contributed by atoms with van der Waals surface area (Å²) < 4.78 is 4.84. The minimum absolute atomic E-state index is 0.0964. The second-order valence-electron chi connectivity index (χ2n) is 10.4. The van der Waals surface area contributed by atoms with Crippen molar-refractivity contribution in [3.63, 3.8) is 0 Å². The third-order valence-corrected chi connectivity index (χ3v) is 5.93. The van der Waals surface area contributed by atoms with E-state index in [9.17, 15) is 24.4 Å². The number of primary amides is 1. The molecule has 216 valence electrons. The van der Waals surface area contributed by atoms with Crippen LogP contribution in [-0.2, 0) is 9.53 Å². The summed E-state index contributed by atoms with van der Waals surface area (Å²) in [5, 5.41) is 11.7. The summed E-state index contributed by atoms with van der Waals surface area (Å²) in [5.41, 5.74) is 5.90. The largest absolute Gasteiger partial charge is 0.444 e. The van der Waals surface area contributed by atoms with Gasteiger partial charge >= 0.3 is 12.1 Å². The second-order valence-corrected chi connectivity index (χ2v) is 10.4. The topological polar surface area (TPSA) is 149 Å². The van der Waals surface area contributed by atoms with Gasteiger partial charge in [0, 0.05) is 51.4 Å². The van der Waals surface area contributed by atoms with E-state index in [1.165, 1.54) is 11.9 Å². The van der Waals surface area contributed by atoms with Gasteiger partial charge in [-0.1, -0.05) is 25.8 Å². The molecule has 1 heterocycles. The summed E-state index contributed by atoms with van der Waals surface area (Å²) in [6, 6.07) is 8.26. The Bertz CT molecular complexity index is 1020. The van der Waals surface area contributed by atoms with Crippen LogP contribution in [0.3, 0.4) is 0 Å². The molecule has 5 amide bonds. The van der Waals surface area contributed by atoms with Gasteiger partial charge in [-0.25, -0.2) is 9.59 Å². The average molecular weight is 545 g/mol. The lowest BCUT2D eigenvalue weighted by atomic mass is 10.1. The Kier molecular flexibility index (Phi) is 13.8. The predicted octanol–water partition coefficient (Wildman–Crippen LogP) is 3.88. The minimum Gasteiger partial charge on any atom is -0.444 e. The number of carbonyl (C=O) groups excluding carboxylic acids is 4. The van der Waals surface area contributed by atoms with Crippen LogP contribution in [0.1, 0.15) is 76.6 Å². The van der Waals surface area contributed by atoms with Gasteiger partial charge in [-0.05, 0) is 58.2 Å². The van der Waals surface area contributed by atoms with Crippen LogP contribution < -0.4 is 16.0 Å². The molecule has 0 radical (unpaired) electrons. The van der Waals surface area contributed by atoms with Crippen molar-refractivity contribution < 1.29 is 23.9 Å². The number of urea groups is 1. The maximum Gasteiger partial charge on any atom is 0.407 e. The number of amides is 5. The number of anilines is 1.